The zero-order chi connectivity index (χ0) is 13.3. The van der Waals surface area contributed by atoms with Gasteiger partial charge in [0.05, 0.1) is 0 Å². The molecule has 7 heteroatoms. The molecule has 17 heavy (non-hydrogen) atoms. The van der Waals surface area contributed by atoms with Crippen molar-refractivity contribution in [2.24, 2.45) is 0 Å². The van der Waals surface area contributed by atoms with Crippen LogP contribution in [0.4, 0.5) is 22.0 Å². The quantitative estimate of drug-likeness (QED) is 0.695. The van der Waals surface area contributed by atoms with Gasteiger partial charge in [0.25, 0.3) is 0 Å². The highest BCUT2D eigenvalue weighted by Gasteiger charge is 2.65. The molecule has 100 valence electrons. The maximum absolute atomic E-state index is 12.9. The third-order valence-electron chi connectivity index (χ3n) is 2.63. The minimum absolute atomic E-state index is 0.0360. The van der Waals surface area contributed by atoms with Gasteiger partial charge in [-0.1, -0.05) is 13.3 Å². The number of alkyl halides is 5. The summed E-state index contributed by atoms with van der Waals surface area (Å²) in [4.78, 5) is 11.9. The van der Waals surface area contributed by atoms with Gasteiger partial charge in [0, 0.05) is 12.6 Å². The molecule has 0 radical (unpaired) electrons. The summed E-state index contributed by atoms with van der Waals surface area (Å²) in [5.41, 5.74) is 0. The van der Waals surface area contributed by atoms with Gasteiger partial charge in [0.15, 0.2) is 0 Å². The molecule has 0 aromatic heterocycles. The molecule has 0 aliphatic heterocycles. The Labute approximate surface area is 95.8 Å². The number of nitrogens with zero attached hydrogens (tertiary/aromatic N) is 1. The Hall–Kier alpha value is -0.880. The van der Waals surface area contributed by atoms with Crippen LogP contribution < -0.4 is 0 Å². The van der Waals surface area contributed by atoms with Crippen LogP contribution in [0.1, 0.15) is 32.6 Å². The second-order valence-corrected chi connectivity index (χ2v) is 4.16. The van der Waals surface area contributed by atoms with Crippen LogP contribution in [0.5, 0.6) is 0 Å². The topological polar surface area (TPSA) is 20.3 Å². The number of rotatable bonds is 5. The lowest BCUT2D eigenvalue weighted by Crippen LogP contribution is -2.53. The van der Waals surface area contributed by atoms with Gasteiger partial charge in [0.1, 0.15) is 0 Å². The molecule has 1 fully saturated rings. The van der Waals surface area contributed by atoms with Crippen molar-refractivity contribution < 1.29 is 26.7 Å². The van der Waals surface area contributed by atoms with Crippen molar-refractivity contribution in [3.63, 3.8) is 0 Å². The van der Waals surface area contributed by atoms with Crippen molar-refractivity contribution in [1.82, 2.24) is 4.90 Å². The number of unbranched alkanes of at least 4 members (excludes halogenated alkanes) is 1. The number of hydrogen-bond donors (Lipinski definition) is 0. The molecule has 0 aromatic rings. The Morgan fingerprint density at radius 2 is 1.76 bits per heavy atom. The smallest absolute Gasteiger partial charge is 0.334 e. The van der Waals surface area contributed by atoms with Gasteiger partial charge in [-0.15, -0.1) is 0 Å². The van der Waals surface area contributed by atoms with Crippen molar-refractivity contribution in [3.05, 3.63) is 0 Å². The van der Waals surface area contributed by atoms with Gasteiger partial charge >= 0.3 is 18.0 Å². The highest BCUT2D eigenvalue weighted by molar-refractivity contribution is 5.85. The molecule has 1 aliphatic carbocycles. The number of carbonyl (C=O) groups excluding carboxylic acids is 1. The largest absolute Gasteiger partial charge is 0.463 e. The molecule has 0 heterocycles. The molecule has 0 spiro atoms. The Morgan fingerprint density at radius 3 is 2.12 bits per heavy atom. The maximum Gasteiger partial charge on any atom is 0.463 e. The summed E-state index contributed by atoms with van der Waals surface area (Å²) in [5, 5.41) is 0. The Bertz CT molecular complexity index is 285. The van der Waals surface area contributed by atoms with Crippen LogP contribution in [0, 0.1) is 0 Å². The maximum atomic E-state index is 12.9. The summed E-state index contributed by atoms with van der Waals surface area (Å²) in [7, 11) is 0. The molecule has 1 aliphatic rings. The Kier molecular flexibility index (Phi) is 3.99. The predicted octanol–water partition coefficient (Wildman–Crippen LogP) is 2.98. The number of carbonyl (C=O) groups is 1. The Morgan fingerprint density at radius 1 is 1.24 bits per heavy atom. The van der Waals surface area contributed by atoms with Crippen LogP contribution in [-0.4, -0.2) is 35.5 Å². The second-order valence-electron chi connectivity index (χ2n) is 4.16. The van der Waals surface area contributed by atoms with E-state index in [4.69, 9.17) is 0 Å². The van der Waals surface area contributed by atoms with Gasteiger partial charge in [-0.3, -0.25) is 4.79 Å². The van der Waals surface area contributed by atoms with E-state index in [2.05, 4.69) is 0 Å². The summed E-state index contributed by atoms with van der Waals surface area (Å²) >= 11 is 0. The van der Waals surface area contributed by atoms with Gasteiger partial charge in [-0.25, -0.2) is 0 Å². The number of halogens is 5. The molecule has 0 atom stereocenters. The predicted molar refractivity (Wildman–Crippen MR) is 50.6 cm³/mol. The summed E-state index contributed by atoms with van der Waals surface area (Å²) < 4.78 is 61.9. The second kappa shape index (κ2) is 4.78. The van der Waals surface area contributed by atoms with Crippen LogP contribution in [0.3, 0.4) is 0 Å². The van der Waals surface area contributed by atoms with Crippen LogP contribution in [0.2, 0.25) is 0 Å². The first-order valence-corrected chi connectivity index (χ1v) is 5.47. The van der Waals surface area contributed by atoms with E-state index >= 15 is 0 Å². The van der Waals surface area contributed by atoms with Crippen molar-refractivity contribution in [2.45, 2.75) is 50.7 Å². The number of hydrogen-bond acceptors (Lipinski definition) is 1. The molecule has 0 bridgehead atoms. The summed E-state index contributed by atoms with van der Waals surface area (Å²) in [6, 6.07) is -0.442. The molecule has 0 saturated heterocycles. The molecule has 2 nitrogen and oxygen atoms in total. The fraction of sp³-hybridized carbons (Fsp3) is 0.900. The zero-order valence-corrected chi connectivity index (χ0v) is 9.36. The molecular formula is C10H14F5NO. The standard InChI is InChI=1S/C10H14F5NO/c1-2-3-6-16(7-4-5-7)8(17)9(11,12)10(13,14)15/h7H,2-6H2,1H3. The van der Waals surface area contributed by atoms with Gasteiger partial charge in [-0.2, -0.15) is 22.0 Å². The molecule has 1 rings (SSSR count). The lowest BCUT2D eigenvalue weighted by molar-refractivity contribution is -0.274. The van der Waals surface area contributed by atoms with Crippen LogP contribution in [0.15, 0.2) is 0 Å². The van der Waals surface area contributed by atoms with E-state index in [-0.39, 0.29) is 6.54 Å². The average Bonchev–Trinajstić information content (AvgIpc) is 3.00. The van der Waals surface area contributed by atoms with E-state index in [0.29, 0.717) is 30.6 Å². The minimum atomic E-state index is -5.82. The first kappa shape index (κ1) is 14.2. The Balaban J connectivity index is 2.77. The van der Waals surface area contributed by atoms with Gasteiger partial charge < -0.3 is 4.90 Å². The van der Waals surface area contributed by atoms with E-state index in [0.717, 1.165) is 0 Å². The van der Waals surface area contributed by atoms with E-state index in [9.17, 15) is 26.7 Å². The first-order chi connectivity index (χ1) is 7.71. The van der Waals surface area contributed by atoms with E-state index < -0.39 is 24.0 Å². The lowest BCUT2D eigenvalue weighted by atomic mass is 10.2. The summed E-state index contributed by atoms with van der Waals surface area (Å²) in [5.74, 6) is -7.38. The van der Waals surface area contributed by atoms with E-state index in [1.807, 2.05) is 0 Å². The highest BCUT2D eigenvalue weighted by Crippen LogP contribution is 2.39. The van der Waals surface area contributed by atoms with Gasteiger partial charge in [-0.05, 0) is 19.3 Å². The molecule has 1 saturated carbocycles. The van der Waals surface area contributed by atoms with E-state index in [1.165, 1.54) is 0 Å². The van der Waals surface area contributed by atoms with Gasteiger partial charge in [0.2, 0.25) is 0 Å². The third-order valence-corrected chi connectivity index (χ3v) is 2.63. The fourth-order valence-corrected chi connectivity index (χ4v) is 1.47. The van der Waals surface area contributed by atoms with Crippen molar-refractivity contribution in [3.8, 4) is 0 Å². The zero-order valence-electron chi connectivity index (χ0n) is 9.36. The SMILES string of the molecule is CCCCN(C(=O)C(F)(F)C(F)(F)F)C1CC1. The van der Waals surface area contributed by atoms with Crippen molar-refractivity contribution in [2.75, 3.05) is 6.54 Å². The summed E-state index contributed by atoms with van der Waals surface area (Å²) in [6.07, 6.45) is -3.75. The van der Waals surface area contributed by atoms with Crippen molar-refractivity contribution >= 4 is 5.91 Å². The molecule has 0 N–H and O–H groups in total. The molecule has 1 amide bonds. The molecular weight excluding hydrogens is 245 g/mol. The normalized spacial score (nSPS) is 17.1. The van der Waals surface area contributed by atoms with Crippen LogP contribution in [0.25, 0.3) is 0 Å². The highest BCUT2D eigenvalue weighted by atomic mass is 19.4. The summed E-state index contributed by atoms with van der Waals surface area (Å²) in [6.45, 7) is 1.74. The number of amides is 1. The molecule has 0 unspecified atom stereocenters. The lowest BCUT2D eigenvalue weighted by Gasteiger charge is -2.28. The van der Waals surface area contributed by atoms with E-state index in [1.54, 1.807) is 6.92 Å². The fourth-order valence-electron chi connectivity index (χ4n) is 1.47. The van der Waals surface area contributed by atoms with Crippen molar-refractivity contribution in [1.29, 1.82) is 0 Å². The first-order valence-electron chi connectivity index (χ1n) is 5.47. The van der Waals surface area contributed by atoms with Crippen LogP contribution >= 0.6 is 0 Å². The van der Waals surface area contributed by atoms with Crippen LogP contribution in [-0.2, 0) is 4.79 Å². The monoisotopic (exact) mass is 259 g/mol. The average molecular weight is 259 g/mol. The third kappa shape index (κ3) is 3.07. The minimum Gasteiger partial charge on any atom is -0.334 e. The molecule has 0 aromatic carbocycles.